The van der Waals surface area contributed by atoms with Gasteiger partial charge in [0.15, 0.2) is 5.17 Å². The summed E-state index contributed by atoms with van der Waals surface area (Å²) in [5.41, 5.74) is 0.620. The molecule has 1 atom stereocenters. The molecule has 1 aliphatic heterocycles. The first kappa shape index (κ1) is 18.2. The molecule has 2 N–H and O–H groups in total. The second-order valence-corrected chi connectivity index (χ2v) is 7.08. The Hall–Kier alpha value is -2.58. The fraction of sp³-hybridized carbons (Fsp3) is 0.176. The van der Waals surface area contributed by atoms with Crippen molar-refractivity contribution in [2.24, 2.45) is 10.2 Å². The highest BCUT2D eigenvalue weighted by atomic mass is 35.5. The molecular formula is C17H15ClN4O3S. The van der Waals surface area contributed by atoms with Crippen molar-refractivity contribution in [3.63, 3.8) is 0 Å². The van der Waals surface area contributed by atoms with Crippen molar-refractivity contribution in [2.45, 2.75) is 18.6 Å². The summed E-state index contributed by atoms with van der Waals surface area (Å²) < 4.78 is 5.33. The number of carbonyl (C=O) groups is 2. The molecule has 0 aliphatic carbocycles. The third-order valence-corrected chi connectivity index (χ3v) is 4.69. The summed E-state index contributed by atoms with van der Waals surface area (Å²) in [6.07, 6.45) is 1.48. The van der Waals surface area contributed by atoms with Gasteiger partial charge in [-0.15, -0.1) is 5.10 Å². The lowest BCUT2D eigenvalue weighted by Crippen LogP contribution is -2.28. The quantitative estimate of drug-likeness (QED) is 0.605. The zero-order valence-corrected chi connectivity index (χ0v) is 15.3. The summed E-state index contributed by atoms with van der Waals surface area (Å²) in [5, 5.41) is 13.5. The first-order chi connectivity index (χ1) is 12.5. The summed E-state index contributed by atoms with van der Waals surface area (Å²) in [4.78, 5) is 24.1. The minimum atomic E-state index is -0.554. The zero-order valence-electron chi connectivity index (χ0n) is 13.7. The normalized spacial score (nSPS) is 18.5. The van der Waals surface area contributed by atoms with Gasteiger partial charge in [0.25, 0.3) is 0 Å². The van der Waals surface area contributed by atoms with E-state index in [4.69, 9.17) is 16.0 Å². The Morgan fingerprint density at radius 2 is 2.12 bits per heavy atom. The average Bonchev–Trinajstić information content (AvgIpc) is 3.16. The van der Waals surface area contributed by atoms with Crippen LogP contribution >= 0.6 is 23.4 Å². The van der Waals surface area contributed by atoms with E-state index in [-0.39, 0.29) is 18.2 Å². The van der Waals surface area contributed by atoms with E-state index >= 15 is 0 Å². The highest BCUT2D eigenvalue weighted by Gasteiger charge is 2.32. The van der Waals surface area contributed by atoms with Gasteiger partial charge in [-0.2, -0.15) is 5.10 Å². The molecular weight excluding hydrogens is 376 g/mol. The van der Waals surface area contributed by atoms with Crippen LogP contribution in [-0.4, -0.2) is 28.4 Å². The number of amides is 2. The van der Waals surface area contributed by atoms with E-state index in [0.717, 1.165) is 17.5 Å². The monoisotopic (exact) mass is 390 g/mol. The first-order valence-electron chi connectivity index (χ1n) is 7.70. The van der Waals surface area contributed by atoms with Crippen LogP contribution in [0.15, 0.2) is 51.0 Å². The molecule has 1 aromatic carbocycles. The van der Waals surface area contributed by atoms with Crippen LogP contribution in [0.4, 0.5) is 5.69 Å². The largest absolute Gasteiger partial charge is 0.460 e. The number of nitrogens with zero attached hydrogens (tertiary/aromatic N) is 2. The maximum Gasteiger partial charge on any atom is 0.240 e. The number of thioether (sulfide) groups is 1. The van der Waals surface area contributed by atoms with E-state index in [1.807, 2.05) is 13.0 Å². The van der Waals surface area contributed by atoms with Crippen molar-refractivity contribution < 1.29 is 14.0 Å². The predicted octanol–water partition coefficient (Wildman–Crippen LogP) is 3.19. The van der Waals surface area contributed by atoms with E-state index in [1.54, 1.807) is 30.3 Å². The number of nitrogens with one attached hydrogen (secondary N) is 2. The van der Waals surface area contributed by atoms with Gasteiger partial charge >= 0.3 is 0 Å². The fourth-order valence-electron chi connectivity index (χ4n) is 2.16. The molecule has 26 heavy (non-hydrogen) atoms. The fourth-order valence-corrected chi connectivity index (χ4v) is 3.21. The van der Waals surface area contributed by atoms with Gasteiger partial charge in [0, 0.05) is 17.1 Å². The second kappa shape index (κ2) is 8.20. The second-order valence-electron chi connectivity index (χ2n) is 5.45. The molecule has 0 saturated carbocycles. The Kier molecular flexibility index (Phi) is 5.75. The number of aryl methyl sites for hydroxylation is 1. The molecule has 2 amide bonds. The van der Waals surface area contributed by atoms with E-state index in [2.05, 4.69) is 20.8 Å². The molecule has 134 valence electrons. The summed E-state index contributed by atoms with van der Waals surface area (Å²) >= 11 is 6.97. The van der Waals surface area contributed by atoms with Crippen LogP contribution in [0.25, 0.3) is 0 Å². The number of halogens is 1. The van der Waals surface area contributed by atoms with Gasteiger partial charge in [0.05, 0.1) is 6.21 Å². The van der Waals surface area contributed by atoms with E-state index in [0.29, 0.717) is 21.6 Å². The van der Waals surface area contributed by atoms with E-state index < -0.39 is 5.25 Å². The Balaban J connectivity index is 1.53. The van der Waals surface area contributed by atoms with Crippen molar-refractivity contribution in [3.05, 3.63) is 52.9 Å². The molecule has 0 unspecified atom stereocenters. The number of carbonyl (C=O) groups excluding carboxylic acids is 2. The van der Waals surface area contributed by atoms with Crippen LogP contribution in [0.1, 0.15) is 17.9 Å². The zero-order chi connectivity index (χ0) is 18.5. The third kappa shape index (κ3) is 4.96. The molecule has 3 rings (SSSR count). The van der Waals surface area contributed by atoms with Gasteiger partial charge in [-0.25, -0.2) is 0 Å². The van der Waals surface area contributed by atoms with Gasteiger partial charge in [-0.1, -0.05) is 23.4 Å². The highest BCUT2D eigenvalue weighted by molar-refractivity contribution is 8.15. The Morgan fingerprint density at radius 3 is 2.81 bits per heavy atom. The minimum Gasteiger partial charge on any atom is -0.460 e. The van der Waals surface area contributed by atoms with Crippen LogP contribution < -0.4 is 10.6 Å². The number of hydrogen-bond acceptors (Lipinski definition) is 6. The molecule has 1 fully saturated rings. The van der Waals surface area contributed by atoms with Crippen molar-refractivity contribution in [3.8, 4) is 0 Å². The van der Waals surface area contributed by atoms with Crippen LogP contribution in [0, 0.1) is 6.92 Å². The number of amidine groups is 1. The lowest BCUT2D eigenvalue weighted by molar-refractivity contribution is -0.122. The average molecular weight is 391 g/mol. The van der Waals surface area contributed by atoms with Gasteiger partial charge in [0.2, 0.25) is 11.8 Å². The SMILES string of the molecule is Cc1ccc(/C=N\N=C2/NC(=O)[C@H](CC(=O)Nc3ccc(Cl)cc3)S2)o1. The molecule has 2 heterocycles. The first-order valence-corrected chi connectivity index (χ1v) is 8.96. The molecule has 1 saturated heterocycles. The standard InChI is InChI=1S/C17H15ClN4O3S/c1-10-2-7-13(25-10)9-19-22-17-21-16(24)14(26-17)8-15(23)20-12-5-3-11(18)4-6-12/h2-7,9,14H,8H2,1H3,(H,20,23)(H,21,22,24)/b19-9-/t14-/m0/s1. The molecule has 0 bridgehead atoms. The van der Waals surface area contributed by atoms with Crippen LogP contribution in [0.5, 0.6) is 0 Å². The van der Waals surface area contributed by atoms with Crippen molar-refractivity contribution in [1.29, 1.82) is 0 Å². The van der Waals surface area contributed by atoms with E-state index in [1.165, 1.54) is 6.21 Å². The maximum atomic E-state index is 12.1. The van der Waals surface area contributed by atoms with E-state index in [9.17, 15) is 9.59 Å². The lowest BCUT2D eigenvalue weighted by Gasteiger charge is -2.07. The van der Waals surface area contributed by atoms with Crippen LogP contribution in [-0.2, 0) is 9.59 Å². The molecule has 1 aromatic heterocycles. The number of anilines is 1. The molecule has 2 aromatic rings. The topological polar surface area (TPSA) is 96.1 Å². The maximum absolute atomic E-state index is 12.1. The number of hydrogen-bond donors (Lipinski definition) is 2. The number of benzene rings is 1. The summed E-state index contributed by atoms with van der Waals surface area (Å²) in [6.45, 7) is 1.83. The van der Waals surface area contributed by atoms with Crippen LogP contribution in [0.3, 0.4) is 0 Å². The predicted molar refractivity (Wildman–Crippen MR) is 103 cm³/mol. The molecule has 9 heteroatoms. The minimum absolute atomic E-state index is 0.0270. The smallest absolute Gasteiger partial charge is 0.240 e. The summed E-state index contributed by atoms with van der Waals surface area (Å²) in [5.74, 6) is 0.800. The van der Waals surface area contributed by atoms with Gasteiger partial charge in [-0.3, -0.25) is 9.59 Å². The third-order valence-electron chi connectivity index (χ3n) is 3.37. The Bertz CT molecular complexity index is 876. The van der Waals surface area contributed by atoms with Crippen molar-refractivity contribution in [1.82, 2.24) is 5.32 Å². The molecule has 0 radical (unpaired) electrons. The summed E-state index contributed by atoms with van der Waals surface area (Å²) in [7, 11) is 0. The van der Waals surface area contributed by atoms with Crippen LogP contribution in [0.2, 0.25) is 5.02 Å². The van der Waals surface area contributed by atoms with Gasteiger partial charge < -0.3 is 15.1 Å². The van der Waals surface area contributed by atoms with Crippen molar-refractivity contribution >= 4 is 52.2 Å². The molecule has 1 aliphatic rings. The lowest BCUT2D eigenvalue weighted by atomic mass is 10.2. The van der Waals surface area contributed by atoms with Gasteiger partial charge in [0.1, 0.15) is 16.8 Å². The van der Waals surface area contributed by atoms with Crippen molar-refractivity contribution in [2.75, 3.05) is 5.32 Å². The van der Waals surface area contributed by atoms with Gasteiger partial charge in [-0.05, 0) is 43.3 Å². The number of rotatable bonds is 5. The molecule has 0 spiro atoms. The summed E-state index contributed by atoms with van der Waals surface area (Å²) in [6, 6.07) is 10.3. The number of furan rings is 1. The highest BCUT2D eigenvalue weighted by Crippen LogP contribution is 2.23. The Morgan fingerprint density at radius 1 is 1.35 bits per heavy atom. The molecule has 7 nitrogen and oxygen atoms in total. The Labute approximate surface area is 158 Å².